The van der Waals surface area contributed by atoms with Gasteiger partial charge in [-0.25, -0.2) is 4.79 Å². The van der Waals surface area contributed by atoms with Gasteiger partial charge in [-0.05, 0) is 79.0 Å². The highest BCUT2D eigenvalue weighted by Crippen LogP contribution is 2.32. The van der Waals surface area contributed by atoms with Crippen LogP contribution in [0, 0.1) is 11.8 Å². The Hall–Kier alpha value is -3.29. The Labute approximate surface area is 259 Å². The van der Waals surface area contributed by atoms with Crippen molar-refractivity contribution >= 4 is 6.03 Å². The lowest BCUT2D eigenvalue weighted by Gasteiger charge is -2.36. The maximum Gasteiger partial charge on any atom is 0.320 e. The van der Waals surface area contributed by atoms with Crippen molar-refractivity contribution in [2.75, 3.05) is 33.2 Å². The SMILES string of the molecule is CC(C)CN(CCCN(Cc1ccc(CNCc2ccccn2)cc1)C(=O)N(C)C1CCCc2cccnc21)CC(C)C. The van der Waals surface area contributed by atoms with Crippen molar-refractivity contribution in [2.45, 2.75) is 79.1 Å². The summed E-state index contributed by atoms with van der Waals surface area (Å²) in [5.41, 5.74) is 5.74. The molecule has 4 rings (SSSR count). The quantitative estimate of drug-likeness (QED) is 0.215. The monoisotopic (exact) mass is 584 g/mol. The summed E-state index contributed by atoms with van der Waals surface area (Å²) < 4.78 is 0. The number of nitrogens with one attached hydrogen (secondary N) is 1. The van der Waals surface area contributed by atoms with Crippen LogP contribution in [0.2, 0.25) is 0 Å². The minimum atomic E-state index is 0.0193. The predicted octanol–water partition coefficient (Wildman–Crippen LogP) is 6.70. The molecule has 0 saturated carbocycles. The Kier molecular flexibility index (Phi) is 12.5. The van der Waals surface area contributed by atoms with Crippen molar-refractivity contribution in [3.63, 3.8) is 0 Å². The number of pyridine rings is 2. The molecule has 43 heavy (non-hydrogen) atoms. The summed E-state index contributed by atoms with van der Waals surface area (Å²) in [4.78, 5) is 29.8. The molecule has 0 spiro atoms. The third kappa shape index (κ3) is 10.1. The van der Waals surface area contributed by atoms with E-state index in [1.807, 2.05) is 48.6 Å². The van der Waals surface area contributed by atoms with E-state index in [-0.39, 0.29) is 12.1 Å². The second kappa shape index (κ2) is 16.5. The van der Waals surface area contributed by atoms with E-state index in [2.05, 4.69) is 78.1 Å². The topological polar surface area (TPSA) is 64.6 Å². The molecular weight excluding hydrogens is 532 g/mol. The van der Waals surface area contributed by atoms with E-state index < -0.39 is 0 Å². The Bertz CT molecular complexity index is 1240. The molecule has 3 aromatic rings. The molecule has 2 amide bonds. The molecule has 0 bridgehead atoms. The summed E-state index contributed by atoms with van der Waals surface area (Å²) >= 11 is 0. The van der Waals surface area contributed by atoms with Crippen molar-refractivity contribution < 1.29 is 4.79 Å². The van der Waals surface area contributed by atoms with Crippen LogP contribution in [0.4, 0.5) is 4.79 Å². The van der Waals surface area contributed by atoms with Crippen molar-refractivity contribution in [1.82, 2.24) is 30.0 Å². The van der Waals surface area contributed by atoms with Gasteiger partial charge >= 0.3 is 6.03 Å². The lowest BCUT2D eigenvalue weighted by Crippen LogP contribution is -2.44. The molecule has 1 aliphatic rings. The molecule has 232 valence electrons. The number of carbonyl (C=O) groups is 1. The van der Waals surface area contributed by atoms with Gasteiger partial charge in [-0.15, -0.1) is 0 Å². The average Bonchev–Trinajstić information content (AvgIpc) is 3.00. The highest BCUT2D eigenvalue weighted by atomic mass is 16.2. The molecule has 1 N–H and O–H groups in total. The number of carbonyl (C=O) groups excluding carboxylic acids is 1. The third-order valence-corrected chi connectivity index (χ3v) is 8.11. The first-order valence-corrected chi connectivity index (χ1v) is 16.2. The van der Waals surface area contributed by atoms with Gasteiger partial charge in [-0.3, -0.25) is 9.97 Å². The smallest absolute Gasteiger partial charge is 0.320 e. The lowest BCUT2D eigenvalue weighted by atomic mass is 9.91. The molecule has 0 saturated heterocycles. The number of amides is 2. The number of rotatable bonds is 15. The van der Waals surface area contributed by atoms with Crippen LogP contribution < -0.4 is 5.32 Å². The van der Waals surface area contributed by atoms with Crippen LogP contribution in [0.5, 0.6) is 0 Å². The highest BCUT2D eigenvalue weighted by Gasteiger charge is 2.30. The molecular formula is C36H52N6O. The van der Waals surface area contributed by atoms with E-state index in [9.17, 15) is 4.79 Å². The number of aromatic nitrogens is 2. The maximum absolute atomic E-state index is 14.1. The number of aryl methyl sites for hydroxylation is 1. The Morgan fingerprint density at radius 2 is 1.60 bits per heavy atom. The summed E-state index contributed by atoms with van der Waals surface area (Å²) in [5.74, 6) is 1.25. The zero-order chi connectivity index (χ0) is 30.6. The van der Waals surface area contributed by atoms with E-state index in [1.54, 1.807) is 0 Å². The van der Waals surface area contributed by atoms with Crippen molar-refractivity contribution in [2.24, 2.45) is 11.8 Å². The number of hydrogen-bond acceptors (Lipinski definition) is 5. The molecule has 7 nitrogen and oxygen atoms in total. The van der Waals surface area contributed by atoms with Crippen LogP contribution in [0.25, 0.3) is 0 Å². The van der Waals surface area contributed by atoms with Gasteiger partial charge in [0.2, 0.25) is 0 Å². The van der Waals surface area contributed by atoms with Gasteiger partial charge in [0.05, 0.1) is 17.4 Å². The number of urea groups is 1. The molecule has 7 heteroatoms. The van der Waals surface area contributed by atoms with Crippen LogP contribution in [0.15, 0.2) is 67.0 Å². The van der Waals surface area contributed by atoms with Gasteiger partial charge in [0.1, 0.15) is 0 Å². The van der Waals surface area contributed by atoms with Gasteiger partial charge in [0.25, 0.3) is 0 Å². The van der Waals surface area contributed by atoms with E-state index in [4.69, 9.17) is 4.98 Å². The second-order valence-corrected chi connectivity index (χ2v) is 12.9. The van der Waals surface area contributed by atoms with Crippen LogP contribution in [0.1, 0.15) is 81.1 Å². The molecule has 1 aromatic carbocycles. The highest BCUT2D eigenvalue weighted by molar-refractivity contribution is 5.75. The summed E-state index contributed by atoms with van der Waals surface area (Å²) in [5, 5.41) is 3.48. The second-order valence-electron chi connectivity index (χ2n) is 12.9. The maximum atomic E-state index is 14.1. The van der Waals surface area contributed by atoms with Gasteiger partial charge < -0.3 is 20.0 Å². The van der Waals surface area contributed by atoms with Gasteiger partial charge in [-0.2, -0.15) is 0 Å². The molecule has 1 unspecified atom stereocenters. The number of fused-ring (bicyclic) bond motifs is 1. The van der Waals surface area contributed by atoms with Crippen LogP contribution >= 0.6 is 0 Å². The minimum absolute atomic E-state index is 0.0193. The fourth-order valence-electron chi connectivity index (χ4n) is 6.16. The van der Waals surface area contributed by atoms with Gasteiger partial charge in [0, 0.05) is 58.7 Å². The normalized spacial score (nSPS) is 14.7. The standard InChI is InChI=1S/C36H52N6O/c1-28(2)25-41(26-29(3)4)21-10-22-42(36(43)40(5)34-14-8-11-32-12-9-20-39-35(32)34)27-31-17-15-30(16-18-31)23-37-24-33-13-6-7-19-38-33/h6-7,9,12-13,15-20,28-29,34,37H,8,10-11,14,21-27H2,1-5H3. The van der Waals surface area contributed by atoms with Crippen molar-refractivity contribution in [1.29, 1.82) is 0 Å². The first-order chi connectivity index (χ1) is 20.8. The number of benzene rings is 1. The molecule has 1 atom stereocenters. The van der Waals surface area contributed by atoms with E-state index >= 15 is 0 Å². The number of nitrogens with zero attached hydrogens (tertiary/aromatic N) is 5. The van der Waals surface area contributed by atoms with Crippen LogP contribution in [-0.2, 0) is 26.1 Å². The molecule has 1 aliphatic carbocycles. The first-order valence-electron chi connectivity index (χ1n) is 16.2. The molecule has 0 radical (unpaired) electrons. The Morgan fingerprint density at radius 3 is 2.30 bits per heavy atom. The average molecular weight is 585 g/mol. The first kappa shape index (κ1) is 32.6. The molecule has 0 aliphatic heterocycles. The van der Waals surface area contributed by atoms with E-state index in [0.717, 1.165) is 81.9 Å². The third-order valence-electron chi connectivity index (χ3n) is 8.11. The zero-order valence-electron chi connectivity index (χ0n) is 27.0. The van der Waals surface area contributed by atoms with Crippen LogP contribution in [-0.4, -0.2) is 63.9 Å². The largest absolute Gasteiger partial charge is 0.320 e. The van der Waals surface area contributed by atoms with Gasteiger partial charge in [0.15, 0.2) is 0 Å². The molecule has 2 aromatic heterocycles. The summed E-state index contributed by atoms with van der Waals surface area (Å²) in [6, 6.07) is 18.9. The van der Waals surface area contributed by atoms with E-state index in [0.29, 0.717) is 18.4 Å². The van der Waals surface area contributed by atoms with Crippen LogP contribution in [0.3, 0.4) is 0 Å². The fourth-order valence-corrected chi connectivity index (χ4v) is 6.16. The Morgan fingerprint density at radius 1 is 0.884 bits per heavy atom. The predicted molar refractivity (Wildman–Crippen MR) is 175 cm³/mol. The van der Waals surface area contributed by atoms with Crippen molar-refractivity contribution in [3.05, 3.63) is 95.1 Å². The number of hydrogen-bond donors (Lipinski definition) is 1. The summed E-state index contributed by atoms with van der Waals surface area (Å²) in [6.07, 6.45) is 7.71. The zero-order valence-corrected chi connectivity index (χ0v) is 27.0. The van der Waals surface area contributed by atoms with Crippen molar-refractivity contribution in [3.8, 4) is 0 Å². The van der Waals surface area contributed by atoms with E-state index in [1.165, 1.54) is 11.1 Å². The lowest BCUT2D eigenvalue weighted by molar-refractivity contribution is 0.133. The molecule has 2 heterocycles. The minimum Gasteiger partial charge on any atom is -0.320 e. The Balaban J connectivity index is 1.43. The summed E-state index contributed by atoms with van der Waals surface area (Å²) in [6.45, 7) is 15.2. The molecule has 0 fully saturated rings. The fraction of sp³-hybridized carbons (Fsp3) is 0.528. The summed E-state index contributed by atoms with van der Waals surface area (Å²) in [7, 11) is 1.96. The van der Waals surface area contributed by atoms with Gasteiger partial charge in [-0.1, -0.05) is 64.1 Å².